The van der Waals surface area contributed by atoms with Crippen molar-refractivity contribution < 1.29 is 28.3 Å². The first kappa shape index (κ1) is 27.3. The number of ether oxygens (including phenoxy) is 1. The lowest BCUT2D eigenvalue weighted by molar-refractivity contribution is -0.130. The van der Waals surface area contributed by atoms with Crippen LogP contribution in [-0.4, -0.2) is 42.3 Å². The average Bonchev–Trinajstić information content (AvgIpc) is 2.74. The highest BCUT2D eigenvalue weighted by molar-refractivity contribution is 5.93. The zero-order valence-corrected chi connectivity index (χ0v) is 19.4. The first-order chi connectivity index (χ1) is 15.1. The molecule has 2 atom stereocenters. The van der Waals surface area contributed by atoms with Crippen LogP contribution in [0.3, 0.4) is 0 Å². The second-order valence-corrected chi connectivity index (χ2v) is 8.70. The average molecular weight is 451 g/mol. The van der Waals surface area contributed by atoms with Crippen molar-refractivity contribution in [3.05, 3.63) is 35.9 Å². The molecular weight excluding hydrogens is 415 g/mol. The normalized spacial score (nSPS) is 12.8. The topological polar surface area (TPSA) is 102 Å². The number of carbonyl (C=O) groups is 4. The smallest absolute Gasteiger partial charge is 0.408 e. The van der Waals surface area contributed by atoms with Gasteiger partial charge in [0.25, 0.3) is 0 Å². The van der Waals surface area contributed by atoms with Gasteiger partial charge in [0.1, 0.15) is 13.3 Å². The van der Waals surface area contributed by atoms with Crippen LogP contribution < -0.4 is 10.6 Å². The van der Waals surface area contributed by atoms with Crippen molar-refractivity contribution in [2.24, 2.45) is 11.8 Å². The lowest BCUT2D eigenvalue weighted by atomic mass is 9.97. The summed E-state index contributed by atoms with van der Waals surface area (Å²) in [6.45, 7) is 6.51. The summed E-state index contributed by atoms with van der Waals surface area (Å²) in [6.07, 6.45) is -0.240. The maximum absolute atomic E-state index is 12.8. The minimum atomic E-state index is -1.15. The van der Waals surface area contributed by atoms with Gasteiger partial charge in [-0.1, -0.05) is 58.0 Å². The number of halogens is 1. The van der Waals surface area contributed by atoms with Crippen LogP contribution in [0.1, 0.15) is 58.9 Å². The number of ketones is 2. The van der Waals surface area contributed by atoms with Gasteiger partial charge in [0.05, 0.1) is 12.1 Å². The standard InChI is InChI=1S/C24H35FN2O5/c1-16(2)12-19(27-24(31)32-15-18-8-6-5-7-9-18)21(28)10-11-23(30)26-20(13-17(3)4)22(29)14-25/h5-9,16-17,19-20H,10-15H2,1-4H3,(H,26,30)(H,27,31)/t19-,20-/m0/s1. The molecule has 178 valence electrons. The Kier molecular flexibility index (Phi) is 12.2. The van der Waals surface area contributed by atoms with Gasteiger partial charge >= 0.3 is 6.09 Å². The fourth-order valence-corrected chi connectivity index (χ4v) is 3.16. The molecule has 0 aliphatic rings. The van der Waals surface area contributed by atoms with E-state index in [2.05, 4.69) is 10.6 Å². The van der Waals surface area contributed by atoms with Crippen molar-refractivity contribution in [3.8, 4) is 0 Å². The molecule has 0 saturated carbocycles. The third kappa shape index (κ3) is 11.0. The summed E-state index contributed by atoms with van der Waals surface area (Å²) in [6, 6.07) is 7.48. The van der Waals surface area contributed by atoms with Gasteiger partial charge < -0.3 is 15.4 Å². The van der Waals surface area contributed by atoms with Crippen LogP contribution in [0.25, 0.3) is 0 Å². The number of rotatable bonds is 14. The number of alkyl carbamates (subject to hydrolysis) is 1. The van der Waals surface area contributed by atoms with Crippen molar-refractivity contribution in [2.75, 3.05) is 6.67 Å². The second-order valence-electron chi connectivity index (χ2n) is 8.70. The Morgan fingerprint density at radius 1 is 0.844 bits per heavy atom. The predicted octanol–water partition coefficient (Wildman–Crippen LogP) is 3.75. The molecule has 0 aromatic heterocycles. The Morgan fingerprint density at radius 2 is 1.41 bits per heavy atom. The first-order valence-electron chi connectivity index (χ1n) is 11.0. The number of carbonyl (C=O) groups excluding carboxylic acids is 4. The molecule has 0 heterocycles. The van der Waals surface area contributed by atoms with Gasteiger partial charge in [-0.2, -0.15) is 0 Å². The lowest BCUT2D eigenvalue weighted by Crippen LogP contribution is -2.44. The van der Waals surface area contributed by atoms with E-state index in [9.17, 15) is 23.6 Å². The molecule has 2 amide bonds. The molecule has 0 aliphatic carbocycles. The monoisotopic (exact) mass is 450 g/mol. The van der Waals surface area contributed by atoms with Gasteiger partial charge in [-0.05, 0) is 30.2 Å². The first-order valence-corrected chi connectivity index (χ1v) is 11.0. The Balaban J connectivity index is 2.60. The van der Waals surface area contributed by atoms with Crippen LogP contribution >= 0.6 is 0 Å². The van der Waals surface area contributed by atoms with Crippen molar-refractivity contribution >= 4 is 23.6 Å². The quantitative estimate of drug-likeness (QED) is 0.450. The molecule has 0 radical (unpaired) electrons. The summed E-state index contributed by atoms with van der Waals surface area (Å²) < 4.78 is 18.0. The maximum Gasteiger partial charge on any atom is 0.408 e. The molecule has 1 aromatic carbocycles. The zero-order chi connectivity index (χ0) is 24.1. The van der Waals surface area contributed by atoms with Gasteiger partial charge in [-0.15, -0.1) is 0 Å². The third-order valence-electron chi connectivity index (χ3n) is 4.76. The fourth-order valence-electron chi connectivity index (χ4n) is 3.16. The Morgan fingerprint density at radius 3 is 1.94 bits per heavy atom. The minimum Gasteiger partial charge on any atom is -0.445 e. The molecule has 1 aromatic rings. The number of Topliss-reactive ketones (excluding diaryl/α,β-unsaturated/α-hetero) is 2. The number of benzene rings is 1. The van der Waals surface area contributed by atoms with E-state index in [1.165, 1.54) is 0 Å². The number of hydrogen-bond acceptors (Lipinski definition) is 5. The predicted molar refractivity (Wildman–Crippen MR) is 120 cm³/mol. The van der Waals surface area contributed by atoms with Gasteiger partial charge in [0.2, 0.25) is 5.91 Å². The van der Waals surface area contributed by atoms with Gasteiger partial charge in [-0.3, -0.25) is 14.4 Å². The highest BCUT2D eigenvalue weighted by atomic mass is 19.1. The van der Waals surface area contributed by atoms with E-state index in [4.69, 9.17) is 4.74 Å². The highest BCUT2D eigenvalue weighted by Gasteiger charge is 2.25. The Bertz CT molecular complexity index is 752. The molecule has 7 nitrogen and oxygen atoms in total. The number of amides is 2. The fraction of sp³-hybridized carbons (Fsp3) is 0.583. The molecule has 0 fully saturated rings. The molecule has 0 saturated heterocycles. The number of nitrogens with one attached hydrogen (secondary N) is 2. The highest BCUT2D eigenvalue weighted by Crippen LogP contribution is 2.11. The molecule has 2 N–H and O–H groups in total. The van der Waals surface area contributed by atoms with Crippen molar-refractivity contribution in [3.63, 3.8) is 0 Å². The van der Waals surface area contributed by atoms with Crippen molar-refractivity contribution in [1.29, 1.82) is 0 Å². The van der Waals surface area contributed by atoms with Crippen LogP contribution in [0.15, 0.2) is 30.3 Å². The van der Waals surface area contributed by atoms with Crippen LogP contribution in [-0.2, 0) is 25.7 Å². The molecule has 1 rings (SSSR count). The molecular formula is C24H35FN2O5. The van der Waals surface area contributed by atoms with E-state index >= 15 is 0 Å². The minimum absolute atomic E-state index is 0.0809. The van der Waals surface area contributed by atoms with Gasteiger partial charge in [-0.25, -0.2) is 9.18 Å². The number of hydrogen-bond donors (Lipinski definition) is 2. The van der Waals surface area contributed by atoms with E-state index in [1.54, 1.807) is 0 Å². The molecule has 0 aliphatic heterocycles. The maximum atomic E-state index is 12.8. The molecule has 0 bridgehead atoms. The van der Waals surface area contributed by atoms with Gasteiger partial charge in [0.15, 0.2) is 11.6 Å². The SMILES string of the molecule is CC(C)C[C@H](NC(=O)CCC(=O)[C@H](CC(C)C)NC(=O)OCc1ccccc1)C(=O)CF. The van der Waals surface area contributed by atoms with E-state index in [1.807, 2.05) is 58.0 Å². The summed E-state index contributed by atoms with van der Waals surface area (Å²) in [4.78, 5) is 48.8. The van der Waals surface area contributed by atoms with Crippen LogP contribution in [0.5, 0.6) is 0 Å². The van der Waals surface area contributed by atoms with Gasteiger partial charge in [0, 0.05) is 12.8 Å². The molecule has 32 heavy (non-hydrogen) atoms. The third-order valence-corrected chi connectivity index (χ3v) is 4.76. The summed E-state index contributed by atoms with van der Waals surface area (Å²) in [5.41, 5.74) is 0.824. The summed E-state index contributed by atoms with van der Waals surface area (Å²) >= 11 is 0. The molecule has 0 spiro atoms. The molecule has 8 heteroatoms. The van der Waals surface area contributed by atoms with Crippen LogP contribution in [0, 0.1) is 11.8 Å². The Hall–Kier alpha value is -2.77. The van der Waals surface area contributed by atoms with Crippen molar-refractivity contribution in [2.45, 2.75) is 72.1 Å². The zero-order valence-electron chi connectivity index (χ0n) is 19.4. The second kappa shape index (κ2) is 14.3. The van der Waals surface area contributed by atoms with E-state index in [-0.39, 0.29) is 37.1 Å². The van der Waals surface area contributed by atoms with Crippen molar-refractivity contribution in [1.82, 2.24) is 10.6 Å². The van der Waals surface area contributed by atoms with E-state index in [0.717, 1.165) is 5.56 Å². The summed E-state index contributed by atoms with van der Waals surface area (Å²) in [7, 11) is 0. The summed E-state index contributed by atoms with van der Waals surface area (Å²) in [5, 5.41) is 5.11. The van der Waals surface area contributed by atoms with Crippen LogP contribution in [0.2, 0.25) is 0 Å². The van der Waals surface area contributed by atoms with Crippen LogP contribution in [0.4, 0.5) is 9.18 Å². The molecule has 0 unspecified atom stereocenters. The largest absolute Gasteiger partial charge is 0.445 e. The van der Waals surface area contributed by atoms with E-state index < -0.39 is 36.5 Å². The summed E-state index contributed by atoms with van der Waals surface area (Å²) in [5.74, 6) is -1.26. The Labute approximate surface area is 189 Å². The lowest BCUT2D eigenvalue weighted by Gasteiger charge is -2.20. The number of alkyl halides is 1. The van der Waals surface area contributed by atoms with E-state index in [0.29, 0.717) is 12.8 Å².